The largest absolute Gasteiger partial charge is 0.388 e. The van der Waals surface area contributed by atoms with Crippen molar-refractivity contribution in [3.05, 3.63) is 50.9 Å². The lowest BCUT2D eigenvalue weighted by molar-refractivity contribution is 0.178. The Hall–Kier alpha value is -0.710. The lowest BCUT2D eigenvalue weighted by atomic mass is 10.1. The van der Waals surface area contributed by atoms with Gasteiger partial charge in [-0.3, -0.25) is 4.98 Å². The van der Waals surface area contributed by atoms with E-state index in [2.05, 4.69) is 20.9 Å². The number of nitrogens with zero attached hydrogens (tertiary/aromatic N) is 1. The average molecular weight is 284 g/mol. The summed E-state index contributed by atoms with van der Waals surface area (Å²) >= 11 is 5.00. The lowest BCUT2D eigenvalue weighted by Crippen LogP contribution is -2.00. The monoisotopic (exact) mass is 283 g/mol. The molecule has 1 N–H and O–H groups in total. The first kappa shape index (κ1) is 10.8. The van der Waals surface area contributed by atoms with Crippen molar-refractivity contribution >= 4 is 27.3 Å². The summed E-state index contributed by atoms with van der Waals surface area (Å²) in [5.74, 6) is 0. The quantitative estimate of drug-likeness (QED) is 0.939. The van der Waals surface area contributed by atoms with Crippen molar-refractivity contribution in [2.24, 2.45) is 0 Å². The van der Waals surface area contributed by atoms with Gasteiger partial charge in [0.25, 0.3) is 0 Å². The van der Waals surface area contributed by atoms with Crippen molar-refractivity contribution < 1.29 is 5.11 Å². The molecule has 0 spiro atoms. The predicted molar refractivity (Wildman–Crippen MR) is 64.9 cm³/mol. The van der Waals surface area contributed by atoms with Crippen LogP contribution in [0.3, 0.4) is 0 Å². The first-order chi connectivity index (χ1) is 7.27. The fraction of sp³-hybridized carbons (Fsp3) is 0.182. The van der Waals surface area contributed by atoms with Crippen molar-refractivity contribution in [3.8, 4) is 0 Å². The van der Waals surface area contributed by atoms with Gasteiger partial charge in [0.2, 0.25) is 0 Å². The Morgan fingerprint density at radius 3 is 2.67 bits per heavy atom. The third-order valence-corrected chi connectivity index (χ3v) is 3.93. The van der Waals surface area contributed by atoms with Gasteiger partial charge in [0, 0.05) is 34.2 Å². The van der Waals surface area contributed by atoms with Crippen molar-refractivity contribution in [1.29, 1.82) is 0 Å². The molecular formula is C11H10BrNOS. The normalized spacial score (nSPS) is 12.7. The molecule has 2 aromatic heterocycles. The molecule has 4 heteroatoms. The first-order valence-electron chi connectivity index (χ1n) is 4.56. The number of rotatable bonds is 3. The molecule has 0 bridgehead atoms. The van der Waals surface area contributed by atoms with Crippen LogP contribution < -0.4 is 0 Å². The number of thiophene rings is 1. The summed E-state index contributed by atoms with van der Waals surface area (Å²) in [7, 11) is 0. The van der Waals surface area contributed by atoms with Crippen molar-refractivity contribution in [1.82, 2.24) is 4.98 Å². The maximum atomic E-state index is 10.00. The molecule has 0 aliphatic rings. The van der Waals surface area contributed by atoms with Crippen molar-refractivity contribution in [3.63, 3.8) is 0 Å². The highest BCUT2D eigenvalue weighted by Crippen LogP contribution is 2.29. The Kier molecular flexibility index (Phi) is 3.51. The van der Waals surface area contributed by atoms with Gasteiger partial charge in [0.15, 0.2) is 0 Å². The third-order valence-electron chi connectivity index (χ3n) is 2.18. The minimum atomic E-state index is -0.451. The van der Waals surface area contributed by atoms with Gasteiger partial charge in [-0.15, -0.1) is 0 Å². The number of halogens is 1. The SMILES string of the molecule is OC(Cc1ccncc1)c1cscc1Br. The maximum absolute atomic E-state index is 10.00. The zero-order chi connectivity index (χ0) is 10.7. The van der Waals surface area contributed by atoms with Crippen LogP contribution in [0.25, 0.3) is 0 Å². The van der Waals surface area contributed by atoms with Crippen LogP contribution >= 0.6 is 27.3 Å². The predicted octanol–water partition coefficient (Wildman–Crippen LogP) is 3.18. The molecule has 0 saturated carbocycles. The molecule has 78 valence electrons. The molecule has 2 heterocycles. The van der Waals surface area contributed by atoms with E-state index >= 15 is 0 Å². The number of aromatic nitrogens is 1. The second kappa shape index (κ2) is 4.88. The van der Waals surface area contributed by atoms with E-state index in [0.717, 1.165) is 15.6 Å². The third kappa shape index (κ3) is 2.65. The molecule has 0 aromatic carbocycles. The van der Waals surface area contributed by atoms with Gasteiger partial charge >= 0.3 is 0 Å². The molecule has 2 rings (SSSR count). The Labute approximate surface area is 101 Å². The van der Waals surface area contributed by atoms with E-state index in [9.17, 15) is 5.11 Å². The van der Waals surface area contributed by atoms with Gasteiger partial charge in [-0.25, -0.2) is 0 Å². The van der Waals surface area contributed by atoms with E-state index in [1.165, 1.54) is 0 Å². The van der Waals surface area contributed by atoms with E-state index in [-0.39, 0.29) is 0 Å². The van der Waals surface area contributed by atoms with Crippen LogP contribution in [0, 0.1) is 0 Å². The van der Waals surface area contributed by atoms with Crippen LogP contribution in [0.1, 0.15) is 17.2 Å². The van der Waals surface area contributed by atoms with Crippen LogP contribution in [0.5, 0.6) is 0 Å². The van der Waals surface area contributed by atoms with Crippen LogP contribution in [0.4, 0.5) is 0 Å². The van der Waals surface area contributed by atoms with Gasteiger partial charge in [-0.05, 0) is 39.0 Å². The summed E-state index contributed by atoms with van der Waals surface area (Å²) in [5.41, 5.74) is 2.05. The Bertz CT molecular complexity index is 429. The van der Waals surface area contributed by atoms with Gasteiger partial charge in [0.1, 0.15) is 0 Å². The topological polar surface area (TPSA) is 33.1 Å². The Morgan fingerprint density at radius 1 is 1.33 bits per heavy atom. The zero-order valence-corrected chi connectivity index (χ0v) is 10.3. The first-order valence-corrected chi connectivity index (χ1v) is 6.29. The van der Waals surface area contributed by atoms with E-state index < -0.39 is 6.10 Å². The molecule has 1 atom stereocenters. The molecule has 2 aromatic rings. The summed E-state index contributed by atoms with van der Waals surface area (Å²) in [6, 6.07) is 3.84. The standard InChI is InChI=1S/C11H10BrNOS/c12-10-7-15-6-9(10)11(14)5-8-1-3-13-4-2-8/h1-4,6-7,11,14H,5H2. The van der Waals surface area contributed by atoms with E-state index in [4.69, 9.17) is 0 Å². The molecule has 15 heavy (non-hydrogen) atoms. The van der Waals surface area contributed by atoms with Crippen LogP contribution in [-0.2, 0) is 6.42 Å². The molecule has 0 aliphatic carbocycles. The van der Waals surface area contributed by atoms with E-state index in [0.29, 0.717) is 6.42 Å². The second-order valence-corrected chi connectivity index (χ2v) is 4.85. The molecule has 2 nitrogen and oxygen atoms in total. The molecule has 0 saturated heterocycles. The van der Waals surface area contributed by atoms with Gasteiger partial charge < -0.3 is 5.11 Å². The van der Waals surface area contributed by atoms with Crippen LogP contribution in [0.2, 0.25) is 0 Å². The highest BCUT2D eigenvalue weighted by molar-refractivity contribution is 9.10. The molecule has 0 aliphatic heterocycles. The minimum Gasteiger partial charge on any atom is -0.388 e. The molecular weight excluding hydrogens is 274 g/mol. The number of hydrogen-bond donors (Lipinski definition) is 1. The maximum Gasteiger partial charge on any atom is 0.0849 e. The van der Waals surface area contributed by atoms with Crippen molar-refractivity contribution in [2.45, 2.75) is 12.5 Å². The minimum absolute atomic E-state index is 0.451. The molecule has 0 radical (unpaired) electrons. The lowest BCUT2D eigenvalue weighted by Gasteiger charge is -2.09. The van der Waals surface area contributed by atoms with Gasteiger partial charge in [0.05, 0.1) is 6.10 Å². The van der Waals surface area contributed by atoms with Crippen LogP contribution in [-0.4, -0.2) is 10.1 Å². The number of pyridine rings is 1. The summed E-state index contributed by atoms with van der Waals surface area (Å²) in [5, 5.41) is 13.9. The van der Waals surface area contributed by atoms with Crippen molar-refractivity contribution in [2.75, 3.05) is 0 Å². The summed E-state index contributed by atoms with van der Waals surface area (Å²) in [4.78, 5) is 3.94. The fourth-order valence-corrected chi connectivity index (χ4v) is 2.99. The smallest absolute Gasteiger partial charge is 0.0849 e. The number of aliphatic hydroxyl groups is 1. The molecule has 0 amide bonds. The molecule has 0 fully saturated rings. The van der Waals surface area contributed by atoms with E-state index in [1.807, 2.05) is 22.9 Å². The summed E-state index contributed by atoms with van der Waals surface area (Å²) in [6.07, 6.45) is 3.65. The van der Waals surface area contributed by atoms with Crippen LogP contribution in [0.15, 0.2) is 39.8 Å². The number of hydrogen-bond acceptors (Lipinski definition) is 3. The van der Waals surface area contributed by atoms with Gasteiger partial charge in [-0.2, -0.15) is 11.3 Å². The fourth-order valence-electron chi connectivity index (χ4n) is 1.38. The van der Waals surface area contributed by atoms with E-state index in [1.54, 1.807) is 23.7 Å². The molecule has 1 unspecified atom stereocenters. The average Bonchev–Trinajstić information content (AvgIpc) is 2.66. The number of aliphatic hydroxyl groups excluding tert-OH is 1. The van der Waals surface area contributed by atoms with Gasteiger partial charge in [-0.1, -0.05) is 0 Å². The highest BCUT2D eigenvalue weighted by atomic mass is 79.9. The second-order valence-electron chi connectivity index (χ2n) is 3.25. The summed E-state index contributed by atoms with van der Waals surface area (Å²) in [6.45, 7) is 0. The highest BCUT2D eigenvalue weighted by Gasteiger charge is 2.12. The Balaban J connectivity index is 2.11. The zero-order valence-electron chi connectivity index (χ0n) is 7.93. The summed E-state index contributed by atoms with van der Waals surface area (Å²) < 4.78 is 0.981. The Morgan fingerprint density at radius 2 is 2.07 bits per heavy atom.